The molecule has 0 saturated heterocycles. The molecule has 0 spiro atoms. The van der Waals surface area contributed by atoms with Crippen LogP contribution in [0.25, 0.3) is 10.8 Å². The third kappa shape index (κ3) is 3.70. The predicted octanol–water partition coefficient (Wildman–Crippen LogP) is 5.16. The highest BCUT2D eigenvalue weighted by molar-refractivity contribution is 6.06. The van der Waals surface area contributed by atoms with E-state index in [2.05, 4.69) is 19.2 Å². The van der Waals surface area contributed by atoms with Crippen LogP contribution < -0.4 is 10.1 Å². The number of rotatable bonds is 6. The highest BCUT2D eigenvalue weighted by Crippen LogP contribution is 2.38. The molecule has 0 unspecified atom stereocenters. The van der Waals surface area contributed by atoms with E-state index in [0.29, 0.717) is 12.5 Å². The summed E-state index contributed by atoms with van der Waals surface area (Å²) in [5.41, 5.74) is 0.0958. The highest BCUT2D eigenvalue weighted by atomic mass is 16.5. The summed E-state index contributed by atoms with van der Waals surface area (Å²) >= 11 is 0. The number of amides is 1. The first kappa shape index (κ1) is 18.7. The zero-order valence-electron chi connectivity index (χ0n) is 16.0. The molecule has 26 heavy (non-hydrogen) atoms. The fraction of sp³-hybridized carbons (Fsp3) is 0.500. The first-order valence-electron chi connectivity index (χ1n) is 9.61. The average Bonchev–Trinajstić information content (AvgIpc) is 2.66. The van der Waals surface area contributed by atoms with E-state index in [1.54, 1.807) is 7.11 Å². The number of ether oxygens (including phenoxy) is 2. The van der Waals surface area contributed by atoms with Gasteiger partial charge in [0.25, 0.3) is 5.91 Å². The van der Waals surface area contributed by atoms with Crippen LogP contribution in [0.15, 0.2) is 36.4 Å². The van der Waals surface area contributed by atoms with Crippen LogP contribution in [0.1, 0.15) is 46.0 Å². The van der Waals surface area contributed by atoms with Crippen molar-refractivity contribution < 1.29 is 14.3 Å². The van der Waals surface area contributed by atoms with Crippen molar-refractivity contribution in [2.45, 2.75) is 51.6 Å². The second kappa shape index (κ2) is 8.09. The monoisotopic (exact) mass is 355 g/mol. The van der Waals surface area contributed by atoms with Crippen LogP contribution >= 0.6 is 0 Å². The summed E-state index contributed by atoms with van der Waals surface area (Å²) in [5, 5.41) is 5.13. The van der Waals surface area contributed by atoms with Gasteiger partial charge < -0.3 is 14.8 Å². The summed E-state index contributed by atoms with van der Waals surface area (Å²) in [6.45, 7) is 4.90. The van der Waals surface area contributed by atoms with E-state index in [4.69, 9.17) is 9.47 Å². The van der Waals surface area contributed by atoms with Crippen molar-refractivity contribution in [2.75, 3.05) is 19.0 Å². The molecule has 2 aromatic carbocycles. The van der Waals surface area contributed by atoms with Crippen LogP contribution in [0.3, 0.4) is 0 Å². The zero-order valence-corrected chi connectivity index (χ0v) is 16.0. The molecule has 3 rings (SSSR count). The Kier molecular flexibility index (Phi) is 5.82. The number of hydrogen-bond acceptors (Lipinski definition) is 3. The second-order valence-electron chi connectivity index (χ2n) is 7.36. The molecule has 0 aliphatic heterocycles. The fourth-order valence-electron chi connectivity index (χ4n) is 4.00. The molecule has 1 aliphatic rings. The number of anilines is 1. The Morgan fingerprint density at radius 1 is 1.23 bits per heavy atom. The molecule has 2 aromatic rings. The van der Waals surface area contributed by atoms with E-state index >= 15 is 0 Å². The lowest BCUT2D eigenvalue weighted by molar-refractivity contribution is -0.148. The van der Waals surface area contributed by atoms with Crippen molar-refractivity contribution in [3.63, 3.8) is 0 Å². The van der Waals surface area contributed by atoms with Crippen LogP contribution in [0.4, 0.5) is 5.69 Å². The van der Waals surface area contributed by atoms with Gasteiger partial charge in [0.15, 0.2) is 0 Å². The number of carbonyl (C=O) groups excluding carboxylic acids is 1. The maximum Gasteiger partial charge on any atom is 0.256 e. The molecule has 140 valence electrons. The lowest BCUT2D eigenvalue weighted by Crippen LogP contribution is -2.48. The minimum absolute atomic E-state index is 0.0205. The van der Waals surface area contributed by atoms with Crippen LogP contribution in [0.2, 0.25) is 0 Å². The molecule has 0 heterocycles. The van der Waals surface area contributed by atoms with E-state index in [1.807, 2.05) is 36.4 Å². The van der Waals surface area contributed by atoms with Gasteiger partial charge >= 0.3 is 0 Å². The average molecular weight is 355 g/mol. The number of benzene rings is 2. The third-order valence-corrected chi connectivity index (χ3v) is 5.30. The third-order valence-electron chi connectivity index (χ3n) is 5.30. The van der Waals surface area contributed by atoms with Crippen LogP contribution in [0, 0.1) is 5.92 Å². The van der Waals surface area contributed by atoms with Crippen molar-refractivity contribution in [1.29, 1.82) is 0 Å². The maximum absolute atomic E-state index is 13.3. The van der Waals surface area contributed by atoms with Gasteiger partial charge in [0, 0.05) is 23.1 Å². The molecule has 0 aromatic heterocycles. The molecule has 2 atom stereocenters. The Morgan fingerprint density at radius 2 is 2.00 bits per heavy atom. The highest BCUT2D eigenvalue weighted by Gasteiger charge is 2.42. The maximum atomic E-state index is 13.3. The summed E-state index contributed by atoms with van der Waals surface area (Å²) < 4.78 is 11.6. The Balaban J connectivity index is 1.91. The van der Waals surface area contributed by atoms with E-state index in [9.17, 15) is 4.79 Å². The summed E-state index contributed by atoms with van der Waals surface area (Å²) in [6.07, 6.45) is 4.68. The first-order chi connectivity index (χ1) is 12.6. The van der Waals surface area contributed by atoms with E-state index in [-0.39, 0.29) is 5.91 Å². The molecule has 1 saturated carbocycles. The fourth-order valence-corrected chi connectivity index (χ4v) is 4.00. The topological polar surface area (TPSA) is 47.6 Å². The molecular weight excluding hydrogens is 326 g/mol. The van der Waals surface area contributed by atoms with Crippen molar-refractivity contribution >= 4 is 22.4 Å². The van der Waals surface area contributed by atoms with Gasteiger partial charge in [-0.1, -0.05) is 44.5 Å². The normalized spacial score (nSPS) is 23.0. The molecule has 0 radical (unpaired) electrons. The molecular formula is C22H29NO3. The molecule has 4 heteroatoms. The quantitative estimate of drug-likeness (QED) is 0.778. The van der Waals surface area contributed by atoms with Gasteiger partial charge in [-0.3, -0.25) is 4.79 Å². The summed E-state index contributed by atoms with van der Waals surface area (Å²) in [6, 6.07) is 11.8. The van der Waals surface area contributed by atoms with Gasteiger partial charge in [-0.15, -0.1) is 0 Å². The van der Waals surface area contributed by atoms with Crippen LogP contribution in [-0.4, -0.2) is 25.2 Å². The summed E-state index contributed by atoms with van der Waals surface area (Å²) in [5.74, 6) is 1.29. The van der Waals surface area contributed by atoms with Crippen molar-refractivity contribution in [2.24, 2.45) is 5.92 Å². The minimum Gasteiger partial charge on any atom is -0.496 e. The lowest BCUT2D eigenvalue weighted by atomic mass is 9.78. The van der Waals surface area contributed by atoms with E-state index in [0.717, 1.165) is 54.3 Å². The molecule has 0 bridgehead atoms. The van der Waals surface area contributed by atoms with Gasteiger partial charge in [0.2, 0.25) is 0 Å². The molecule has 4 nitrogen and oxygen atoms in total. The Bertz CT molecular complexity index is 773. The Morgan fingerprint density at radius 3 is 2.69 bits per heavy atom. The standard InChI is InChI=1S/C22H29NO3/c1-4-14-26-22(13-7-8-16(2)15-22)21(24)23-19-11-12-20(25-3)18-10-6-5-9-17(18)19/h5-6,9-12,16H,4,7-8,13-15H2,1-3H3,(H,23,24)/t16-,22-/m0/s1. The number of methoxy groups -OCH3 is 1. The van der Waals surface area contributed by atoms with E-state index in [1.165, 1.54) is 0 Å². The van der Waals surface area contributed by atoms with Gasteiger partial charge in [0.05, 0.1) is 7.11 Å². The predicted molar refractivity (Wildman–Crippen MR) is 106 cm³/mol. The number of carbonyl (C=O) groups is 1. The van der Waals surface area contributed by atoms with Crippen molar-refractivity contribution in [3.05, 3.63) is 36.4 Å². The van der Waals surface area contributed by atoms with Crippen LogP contribution in [0.5, 0.6) is 5.75 Å². The van der Waals surface area contributed by atoms with Crippen molar-refractivity contribution in [1.82, 2.24) is 0 Å². The largest absolute Gasteiger partial charge is 0.496 e. The second-order valence-corrected chi connectivity index (χ2v) is 7.36. The zero-order chi connectivity index (χ0) is 18.6. The number of hydrogen-bond donors (Lipinski definition) is 1. The van der Waals surface area contributed by atoms with Gasteiger partial charge in [-0.05, 0) is 43.7 Å². The lowest BCUT2D eigenvalue weighted by Gasteiger charge is -2.38. The van der Waals surface area contributed by atoms with Gasteiger partial charge in [0.1, 0.15) is 11.4 Å². The number of nitrogens with one attached hydrogen (secondary N) is 1. The first-order valence-corrected chi connectivity index (χ1v) is 9.61. The van der Waals surface area contributed by atoms with Gasteiger partial charge in [-0.25, -0.2) is 0 Å². The van der Waals surface area contributed by atoms with Crippen molar-refractivity contribution in [3.8, 4) is 5.75 Å². The van der Waals surface area contributed by atoms with E-state index < -0.39 is 5.60 Å². The molecule has 1 aliphatic carbocycles. The Hall–Kier alpha value is -2.07. The number of fused-ring (bicyclic) bond motifs is 1. The van der Waals surface area contributed by atoms with Gasteiger partial charge in [-0.2, -0.15) is 0 Å². The Labute approximate surface area is 155 Å². The summed E-state index contributed by atoms with van der Waals surface area (Å²) in [4.78, 5) is 13.3. The summed E-state index contributed by atoms with van der Waals surface area (Å²) in [7, 11) is 1.66. The smallest absolute Gasteiger partial charge is 0.256 e. The molecule has 1 fully saturated rings. The SMILES string of the molecule is CCCO[C@@]1(C(=O)Nc2ccc(OC)c3ccccc23)CCC[C@H](C)C1. The molecule has 1 amide bonds. The molecule has 1 N–H and O–H groups in total. The minimum atomic E-state index is -0.714. The van der Waals surface area contributed by atoms with Crippen LogP contribution in [-0.2, 0) is 9.53 Å².